The number of rotatable bonds is 4. The molecule has 3 N–H and O–H groups in total. The standard InChI is InChI=1S/C14H22N2O2/c1-3-6-18-13-8-11(15)7-12(9-13)16-5-4-14(2,17)10-16/h7-9,17H,3-6,10,15H2,1-2H3. The zero-order valence-electron chi connectivity index (χ0n) is 11.1. The van der Waals surface area contributed by atoms with Crippen LogP contribution in [0.3, 0.4) is 0 Å². The van der Waals surface area contributed by atoms with Gasteiger partial charge in [0.1, 0.15) is 5.75 Å². The largest absolute Gasteiger partial charge is 0.493 e. The fourth-order valence-corrected chi connectivity index (χ4v) is 2.26. The number of nitrogens with zero attached hydrogens (tertiary/aromatic N) is 1. The Morgan fingerprint density at radius 3 is 2.83 bits per heavy atom. The molecule has 0 radical (unpaired) electrons. The van der Waals surface area contributed by atoms with E-state index in [1.165, 1.54) is 0 Å². The average molecular weight is 250 g/mol. The highest BCUT2D eigenvalue weighted by Gasteiger charge is 2.31. The normalized spacial score (nSPS) is 23.4. The molecule has 4 heteroatoms. The van der Waals surface area contributed by atoms with Crippen molar-refractivity contribution in [1.29, 1.82) is 0 Å². The van der Waals surface area contributed by atoms with Crippen LogP contribution in [0.15, 0.2) is 18.2 Å². The topological polar surface area (TPSA) is 58.7 Å². The molecule has 2 rings (SSSR count). The maximum atomic E-state index is 10.0. The Bertz CT molecular complexity index is 418. The first-order chi connectivity index (χ1) is 8.50. The lowest BCUT2D eigenvalue weighted by molar-refractivity contribution is 0.0839. The Morgan fingerprint density at radius 1 is 1.44 bits per heavy atom. The molecule has 18 heavy (non-hydrogen) atoms. The van der Waals surface area contributed by atoms with E-state index in [4.69, 9.17) is 10.5 Å². The summed E-state index contributed by atoms with van der Waals surface area (Å²) in [6.07, 6.45) is 1.76. The quantitative estimate of drug-likeness (QED) is 0.803. The highest BCUT2D eigenvalue weighted by atomic mass is 16.5. The third kappa shape index (κ3) is 3.07. The lowest BCUT2D eigenvalue weighted by atomic mass is 10.1. The molecule has 0 saturated carbocycles. The molecule has 1 aromatic rings. The number of ether oxygens (including phenoxy) is 1. The van der Waals surface area contributed by atoms with Crippen LogP contribution in [0.5, 0.6) is 5.75 Å². The molecular weight excluding hydrogens is 228 g/mol. The summed E-state index contributed by atoms with van der Waals surface area (Å²) in [6, 6.07) is 5.76. The third-order valence-corrected chi connectivity index (χ3v) is 3.20. The van der Waals surface area contributed by atoms with Crippen molar-refractivity contribution in [3.8, 4) is 5.75 Å². The van der Waals surface area contributed by atoms with Gasteiger partial charge in [0.2, 0.25) is 0 Å². The van der Waals surface area contributed by atoms with Crippen molar-refractivity contribution in [2.45, 2.75) is 32.3 Å². The van der Waals surface area contributed by atoms with Gasteiger partial charge in [0.05, 0.1) is 12.2 Å². The van der Waals surface area contributed by atoms with Gasteiger partial charge in [-0.2, -0.15) is 0 Å². The third-order valence-electron chi connectivity index (χ3n) is 3.20. The number of benzene rings is 1. The zero-order chi connectivity index (χ0) is 13.2. The summed E-state index contributed by atoms with van der Waals surface area (Å²) in [6.45, 7) is 6.13. The predicted molar refractivity (Wildman–Crippen MR) is 74.1 cm³/mol. The second-order valence-electron chi connectivity index (χ2n) is 5.28. The van der Waals surface area contributed by atoms with Crippen molar-refractivity contribution in [2.75, 3.05) is 30.3 Å². The van der Waals surface area contributed by atoms with E-state index in [2.05, 4.69) is 11.8 Å². The summed E-state index contributed by atoms with van der Waals surface area (Å²) in [7, 11) is 0. The van der Waals surface area contributed by atoms with Crippen LogP contribution in [0.4, 0.5) is 11.4 Å². The van der Waals surface area contributed by atoms with E-state index < -0.39 is 5.60 Å². The summed E-state index contributed by atoms with van der Waals surface area (Å²) in [5, 5.41) is 10.0. The molecule has 0 amide bonds. The van der Waals surface area contributed by atoms with Gasteiger partial charge >= 0.3 is 0 Å². The summed E-state index contributed by atoms with van der Waals surface area (Å²) in [4.78, 5) is 2.15. The molecule has 1 aliphatic rings. The van der Waals surface area contributed by atoms with Gasteiger partial charge in [0.25, 0.3) is 0 Å². The number of anilines is 2. The van der Waals surface area contributed by atoms with Crippen LogP contribution in [0.25, 0.3) is 0 Å². The molecule has 100 valence electrons. The van der Waals surface area contributed by atoms with Gasteiger partial charge in [-0.3, -0.25) is 0 Å². The van der Waals surface area contributed by atoms with Gasteiger partial charge in [0, 0.05) is 36.6 Å². The van der Waals surface area contributed by atoms with Crippen LogP contribution >= 0.6 is 0 Å². The van der Waals surface area contributed by atoms with Crippen LogP contribution in [-0.4, -0.2) is 30.4 Å². The summed E-state index contributed by atoms with van der Waals surface area (Å²) in [5.41, 5.74) is 7.02. The SMILES string of the molecule is CCCOc1cc(N)cc(N2CCC(C)(O)C2)c1. The molecule has 1 atom stereocenters. The van der Waals surface area contributed by atoms with Crippen LogP contribution in [0.2, 0.25) is 0 Å². The lowest BCUT2D eigenvalue weighted by Gasteiger charge is -2.22. The van der Waals surface area contributed by atoms with E-state index in [1.54, 1.807) is 0 Å². The Hall–Kier alpha value is -1.42. The van der Waals surface area contributed by atoms with E-state index in [0.29, 0.717) is 18.8 Å². The van der Waals surface area contributed by atoms with Gasteiger partial charge in [-0.05, 0) is 25.8 Å². The van der Waals surface area contributed by atoms with Crippen LogP contribution in [-0.2, 0) is 0 Å². The minimum Gasteiger partial charge on any atom is -0.493 e. The lowest BCUT2D eigenvalue weighted by Crippen LogP contribution is -2.29. The maximum Gasteiger partial charge on any atom is 0.123 e. The minimum atomic E-state index is -0.602. The van der Waals surface area contributed by atoms with Crippen molar-refractivity contribution >= 4 is 11.4 Å². The Morgan fingerprint density at radius 2 is 2.22 bits per heavy atom. The molecule has 1 fully saturated rings. The number of β-amino-alcohol motifs (C(OH)–C–C–N with tert-alkyl or cyclic N) is 1. The van der Waals surface area contributed by atoms with Crippen molar-refractivity contribution in [3.63, 3.8) is 0 Å². The van der Waals surface area contributed by atoms with E-state index in [1.807, 2.05) is 25.1 Å². The summed E-state index contributed by atoms with van der Waals surface area (Å²) < 4.78 is 5.62. The smallest absolute Gasteiger partial charge is 0.123 e. The molecule has 1 aromatic carbocycles. The van der Waals surface area contributed by atoms with Crippen LogP contribution in [0, 0.1) is 0 Å². The molecule has 0 aromatic heterocycles. The predicted octanol–water partition coefficient (Wildman–Crippen LogP) is 2.02. The van der Waals surface area contributed by atoms with Crippen molar-refractivity contribution in [3.05, 3.63) is 18.2 Å². The van der Waals surface area contributed by atoms with Gasteiger partial charge < -0.3 is 20.5 Å². The Labute approximate surface area is 108 Å². The molecule has 4 nitrogen and oxygen atoms in total. The van der Waals surface area contributed by atoms with E-state index in [9.17, 15) is 5.11 Å². The first-order valence-corrected chi connectivity index (χ1v) is 6.51. The second kappa shape index (κ2) is 5.06. The fourth-order valence-electron chi connectivity index (χ4n) is 2.26. The first-order valence-electron chi connectivity index (χ1n) is 6.51. The second-order valence-corrected chi connectivity index (χ2v) is 5.28. The Kier molecular flexibility index (Phi) is 3.66. The van der Waals surface area contributed by atoms with Crippen LogP contribution < -0.4 is 15.4 Å². The molecular formula is C14H22N2O2. The fraction of sp³-hybridized carbons (Fsp3) is 0.571. The average Bonchev–Trinajstić information content (AvgIpc) is 2.66. The van der Waals surface area contributed by atoms with Gasteiger partial charge in [-0.1, -0.05) is 6.92 Å². The van der Waals surface area contributed by atoms with Crippen molar-refractivity contribution in [2.24, 2.45) is 0 Å². The highest BCUT2D eigenvalue weighted by Crippen LogP contribution is 2.31. The molecule has 0 aliphatic carbocycles. The monoisotopic (exact) mass is 250 g/mol. The number of nitrogen functional groups attached to an aromatic ring is 1. The number of hydrogen-bond donors (Lipinski definition) is 2. The zero-order valence-corrected chi connectivity index (χ0v) is 11.1. The van der Waals surface area contributed by atoms with E-state index in [0.717, 1.165) is 30.8 Å². The molecule has 1 unspecified atom stereocenters. The Balaban J connectivity index is 2.15. The highest BCUT2D eigenvalue weighted by molar-refractivity contribution is 5.61. The molecule has 0 spiro atoms. The minimum absolute atomic E-state index is 0.602. The van der Waals surface area contributed by atoms with Gasteiger partial charge in [0.15, 0.2) is 0 Å². The molecule has 0 bridgehead atoms. The number of aliphatic hydroxyl groups is 1. The van der Waals surface area contributed by atoms with Crippen molar-refractivity contribution in [1.82, 2.24) is 0 Å². The van der Waals surface area contributed by atoms with Gasteiger partial charge in [-0.15, -0.1) is 0 Å². The maximum absolute atomic E-state index is 10.0. The number of nitrogens with two attached hydrogens (primary N) is 1. The molecule has 1 saturated heterocycles. The summed E-state index contributed by atoms with van der Waals surface area (Å²) >= 11 is 0. The van der Waals surface area contributed by atoms with Crippen LogP contribution in [0.1, 0.15) is 26.7 Å². The van der Waals surface area contributed by atoms with E-state index >= 15 is 0 Å². The van der Waals surface area contributed by atoms with E-state index in [-0.39, 0.29) is 0 Å². The van der Waals surface area contributed by atoms with Crippen molar-refractivity contribution < 1.29 is 9.84 Å². The molecule has 1 heterocycles. The summed E-state index contributed by atoms with van der Waals surface area (Å²) in [5.74, 6) is 0.804. The van der Waals surface area contributed by atoms with Gasteiger partial charge in [-0.25, -0.2) is 0 Å². The first kappa shape index (κ1) is 13.0. The molecule has 1 aliphatic heterocycles. The number of hydrogen-bond acceptors (Lipinski definition) is 4.